The predicted octanol–water partition coefficient (Wildman–Crippen LogP) is 1.61. The second-order valence-corrected chi connectivity index (χ2v) is 4.44. The molecule has 7 nitrogen and oxygen atoms in total. The zero-order valence-electron chi connectivity index (χ0n) is 11.8. The van der Waals surface area contributed by atoms with Crippen LogP contribution < -0.4 is 5.32 Å². The number of carbonyl (C=O) groups is 1. The van der Waals surface area contributed by atoms with E-state index in [0.29, 0.717) is 24.5 Å². The van der Waals surface area contributed by atoms with Crippen LogP contribution in [0, 0.1) is 5.82 Å². The molecule has 0 fully saturated rings. The zero-order valence-corrected chi connectivity index (χ0v) is 11.8. The summed E-state index contributed by atoms with van der Waals surface area (Å²) in [4.78, 5) is 12.6. The number of rotatable bonds is 5. The molecule has 2 rings (SSSR count). The van der Waals surface area contributed by atoms with E-state index in [1.165, 1.54) is 16.9 Å². The summed E-state index contributed by atoms with van der Waals surface area (Å²) >= 11 is 0. The average molecular weight is 293 g/mol. The fourth-order valence-electron chi connectivity index (χ4n) is 1.70. The van der Waals surface area contributed by atoms with Gasteiger partial charge in [0.1, 0.15) is 5.82 Å². The van der Waals surface area contributed by atoms with Crippen molar-refractivity contribution in [2.45, 2.75) is 26.4 Å². The van der Waals surface area contributed by atoms with E-state index >= 15 is 0 Å². The van der Waals surface area contributed by atoms with Gasteiger partial charge in [-0.15, -0.1) is 10.2 Å². The second-order valence-electron chi connectivity index (χ2n) is 4.44. The SMILES string of the molecule is CCOC(=O)N[C@@H](C)Cn1nnc(-c2ccc(F)cc2)n1. The third-order valence-corrected chi connectivity index (χ3v) is 2.63. The molecule has 1 amide bonds. The summed E-state index contributed by atoms with van der Waals surface area (Å²) in [5.74, 6) is 0.0803. The van der Waals surface area contributed by atoms with Gasteiger partial charge < -0.3 is 10.1 Å². The lowest BCUT2D eigenvalue weighted by Gasteiger charge is -2.11. The molecule has 0 radical (unpaired) electrons. The van der Waals surface area contributed by atoms with Gasteiger partial charge in [0.05, 0.1) is 19.2 Å². The summed E-state index contributed by atoms with van der Waals surface area (Å²) in [6, 6.07) is 5.62. The highest BCUT2D eigenvalue weighted by Crippen LogP contribution is 2.13. The van der Waals surface area contributed by atoms with Gasteiger partial charge in [0.2, 0.25) is 5.82 Å². The lowest BCUT2D eigenvalue weighted by molar-refractivity contribution is 0.147. The Morgan fingerprint density at radius 2 is 2.14 bits per heavy atom. The standard InChI is InChI=1S/C13H16FN5O2/c1-3-21-13(20)15-9(2)8-19-17-12(16-18-19)10-4-6-11(14)7-5-10/h4-7,9H,3,8H2,1-2H3,(H,15,20)/t9-/m0/s1. The number of hydrogen-bond acceptors (Lipinski definition) is 5. The van der Waals surface area contributed by atoms with Gasteiger partial charge in [-0.25, -0.2) is 9.18 Å². The Bertz CT molecular complexity index is 599. The predicted molar refractivity (Wildman–Crippen MR) is 72.8 cm³/mol. The molecule has 0 aliphatic carbocycles. The van der Waals surface area contributed by atoms with Crippen LogP contribution in [0.15, 0.2) is 24.3 Å². The minimum atomic E-state index is -0.483. The van der Waals surface area contributed by atoms with Crippen LogP contribution in [0.2, 0.25) is 0 Å². The Morgan fingerprint density at radius 1 is 1.43 bits per heavy atom. The lowest BCUT2D eigenvalue weighted by atomic mass is 10.2. The van der Waals surface area contributed by atoms with Crippen LogP contribution in [0.1, 0.15) is 13.8 Å². The maximum atomic E-state index is 12.9. The van der Waals surface area contributed by atoms with Crippen LogP contribution in [0.3, 0.4) is 0 Å². The summed E-state index contributed by atoms with van der Waals surface area (Å²) in [6.45, 7) is 4.21. The van der Waals surface area contributed by atoms with Gasteiger partial charge >= 0.3 is 6.09 Å². The highest BCUT2D eigenvalue weighted by molar-refractivity contribution is 5.67. The Balaban J connectivity index is 1.96. The zero-order chi connectivity index (χ0) is 15.2. The third kappa shape index (κ3) is 4.23. The van der Waals surface area contributed by atoms with Gasteiger partial charge in [0.15, 0.2) is 0 Å². The van der Waals surface area contributed by atoms with Crippen LogP contribution in [0.25, 0.3) is 11.4 Å². The molecule has 1 heterocycles. The molecule has 0 saturated heterocycles. The molecule has 8 heteroatoms. The van der Waals surface area contributed by atoms with E-state index in [4.69, 9.17) is 4.74 Å². The summed E-state index contributed by atoms with van der Waals surface area (Å²) in [7, 11) is 0. The molecule has 0 unspecified atom stereocenters. The number of tetrazole rings is 1. The van der Waals surface area contributed by atoms with Crippen LogP contribution >= 0.6 is 0 Å². The number of nitrogens with zero attached hydrogens (tertiary/aromatic N) is 4. The molecule has 1 aromatic carbocycles. The molecule has 2 aromatic rings. The molecular formula is C13H16FN5O2. The van der Waals surface area contributed by atoms with Crippen LogP contribution in [-0.4, -0.2) is 38.9 Å². The van der Waals surface area contributed by atoms with E-state index in [1.54, 1.807) is 26.0 Å². The quantitative estimate of drug-likeness (QED) is 0.905. The Labute approximate surface area is 121 Å². The van der Waals surface area contributed by atoms with Crippen LogP contribution in [0.5, 0.6) is 0 Å². The number of nitrogens with one attached hydrogen (secondary N) is 1. The Morgan fingerprint density at radius 3 is 2.81 bits per heavy atom. The number of carbonyl (C=O) groups excluding carboxylic acids is 1. The summed E-state index contributed by atoms with van der Waals surface area (Å²) in [5, 5.41) is 14.6. The molecule has 0 bridgehead atoms. The number of hydrogen-bond donors (Lipinski definition) is 1. The van der Waals surface area contributed by atoms with E-state index < -0.39 is 6.09 Å². The number of aromatic nitrogens is 4. The van der Waals surface area contributed by atoms with Crippen molar-refractivity contribution in [3.8, 4) is 11.4 Å². The largest absolute Gasteiger partial charge is 0.450 e. The molecule has 1 atom stereocenters. The molecule has 1 aromatic heterocycles. The molecule has 1 N–H and O–H groups in total. The van der Waals surface area contributed by atoms with Crippen molar-refractivity contribution in [1.29, 1.82) is 0 Å². The van der Waals surface area contributed by atoms with Crippen LogP contribution in [-0.2, 0) is 11.3 Å². The maximum Gasteiger partial charge on any atom is 0.407 e. The molecule has 0 spiro atoms. The Hall–Kier alpha value is -2.51. The first kappa shape index (κ1) is 14.9. The molecule has 0 saturated carbocycles. The first-order valence-corrected chi connectivity index (χ1v) is 6.55. The van der Waals surface area contributed by atoms with Gasteiger partial charge in [-0.3, -0.25) is 0 Å². The molecular weight excluding hydrogens is 277 g/mol. The normalized spacial score (nSPS) is 12.0. The number of benzene rings is 1. The number of alkyl carbamates (subject to hydrolysis) is 1. The summed E-state index contributed by atoms with van der Waals surface area (Å²) < 4.78 is 17.6. The minimum absolute atomic E-state index is 0.209. The van der Waals surface area contributed by atoms with Crippen molar-refractivity contribution in [2.24, 2.45) is 0 Å². The Kier molecular flexibility index (Phi) is 4.81. The summed E-state index contributed by atoms with van der Waals surface area (Å²) in [6.07, 6.45) is -0.483. The molecule has 112 valence electrons. The van der Waals surface area contributed by atoms with Gasteiger partial charge in [-0.1, -0.05) is 0 Å². The third-order valence-electron chi connectivity index (χ3n) is 2.63. The maximum absolute atomic E-state index is 12.9. The molecule has 21 heavy (non-hydrogen) atoms. The van der Waals surface area contributed by atoms with Crippen molar-refractivity contribution < 1.29 is 13.9 Å². The monoisotopic (exact) mass is 293 g/mol. The van der Waals surface area contributed by atoms with E-state index in [-0.39, 0.29) is 11.9 Å². The fourth-order valence-corrected chi connectivity index (χ4v) is 1.70. The van der Waals surface area contributed by atoms with Gasteiger partial charge in [0, 0.05) is 5.56 Å². The molecule has 0 aliphatic rings. The van der Waals surface area contributed by atoms with Crippen molar-refractivity contribution in [2.75, 3.05) is 6.61 Å². The fraction of sp³-hybridized carbons (Fsp3) is 0.385. The number of ether oxygens (including phenoxy) is 1. The average Bonchev–Trinajstić information content (AvgIpc) is 2.88. The van der Waals surface area contributed by atoms with Gasteiger partial charge in [0.25, 0.3) is 0 Å². The number of amides is 1. The van der Waals surface area contributed by atoms with Gasteiger partial charge in [-0.05, 0) is 43.3 Å². The van der Waals surface area contributed by atoms with E-state index in [9.17, 15) is 9.18 Å². The first-order valence-electron chi connectivity index (χ1n) is 6.55. The lowest BCUT2D eigenvalue weighted by Crippen LogP contribution is -2.36. The highest BCUT2D eigenvalue weighted by Gasteiger charge is 2.11. The smallest absolute Gasteiger partial charge is 0.407 e. The molecule has 0 aliphatic heterocycles. The van der Waals surface area contributed by atoms with E-state index in [1.807, 2.05) is 0 Å². The van der Waals surface area contributed by atoms with Gasteiger partial charge in [-0.2, -0.15) is 4.80 Å². The second kappa shape index (κ2) is 6.78. The van der Waals surface area contributed by atoms with Crippen molar-refractivity contribution in [3.05, 3.63) is 30.1 Å². The van der Waals surface area contributed by atoms with E-state index in [2.05, 4.69) is 20.7 Å². The highest BCUT2D eigenvalue weighted by atomic mass is 19.1. The summed E-state index contributed by atoms with van der Waals surface area (Å²) in [5.41, 5.74) is 0.675. The minimum Gasteiger partial charge on any atom is -0.450 e. The van der Waals surface area contributed by atoms with Crippen LogP contribution in [0.4, 0.5) is 9.18 Å². The topological polar surface area (TPSA) is 81.9 Å². The van der Waals surface area contributed by atoms with Crippen molar-refractivity contribution in [1.82, 2.24) is 25.5 Å². The van der Waals surface area contributed by atoms with E-state index in [0.717, 1.165) is 0 Å². The first-order chi connectivity index (χ1) is 10.1. The van der Waals surface area contributed by atoms with Crippen molar-refractivity contribution >= 4 is 6.09 Å². The number of halogens is 1. The van der Waals surface area contributed by atoms with Crippen molar-refractivity contribution in [3.63, 3.8) is 0 Å².